The number of halogens is 1. The van der Waals surface area contributed by atoms with Crippen molar-refractivity contribution in [1.29, 1.82) is 0 Å². The summed E-state index contributed by atoms with van der Waals surface area (Å²) in [5.74, 6) is 0. The Morgan fingerprint density at radius 3 is 2.83 bits per heavy atom. The van der Waals surface area contributed by atoms with Gasteiger partial charge in [-0.15, -0.1) is 11.3 Å². The van der Waals surface area contributed by atoms with E-state index in [1.807, 2.05) is 12.3 Å². The second-order valence-electron chi connectivity index (χ2n) is 2.62. The average molecular weight is 251 g/mol. The Kier molecular flexibility index (Phi) is 3.22. The highest BCUT2D eigenvalue weighted by Crippen LogP contribution is 2.26. The van der Waals surface area contributed by atoms with E-state index in [1.54, 1.807) is 7.11 Å². The molecule has 12 heavy (non-hydrogen) atoms. The van der Waals surface area contributed by atoms with Gasteiger partial charge in [0.25, 0.3) is 0 Å². The maximum Gasteiger partial charge on any atom is 0.159 e. The van der Waals surface area contributed by atoms with Crippen LogP contribution in [0.4, 0.5) is 0 Å². The summed E-state index contributed by atoms with van der Waals surface area (Å²) in [5.41, 5.74) is 6.01. The molecular formula is C7H11BrN2OS. The molecule has 0 fully saturated rings. The zero-order valence-corrected chi connectivity index (χ0v) is 9.41. The Balaban J connectivity index is 2.94. The molecule has 2 N–H and O–H groups in total. The lowest BCUT2D eigenvalue weighted by Crippen LogP contribution is -2.34. The quantitative estimate of drug-likeness (QED) is 0.889. The van der Waals surface area contributed by atoms with Gasteiger partial charge in [0, 0.05) is 19.0 Å². The number of hydrogen-bond acceptors (Lipinski definition) is 4. The summed E-state index contributed by atoms with van der Waals surface area (Å²) in [6.07, 6.45) is 0. The van der Waals surface area contributed by atoms with E-state index in [-0.39, 0.29) is 0 Å². The predicted octanol–water partition coefficient (Wildman–Crippen LogP) is 1.73. The van der Waals surface area contributed by atoms with Gasteiger partial charge in [0.15, 0.2) is 3.92 Å². The highest BCUT2D eigenvalue weighted by atomic mass is 79.9. The molecule has 68 valence electrons. The molecule has 5 heteroatoms. The molecule has 0 amide bonds. The van der Waals surface area contributed by atoms with Gasteiger partial charge < -0.3 is 10.5 Å². The van der Waals surface area contributed by atoms with Gasteiger partial charge in [-0.05, 0) is 22.9 Å². The van der Waals surface area contributed by atoms with Crippen molar-refractivity contribution >= 4 is 27.3 Å². The van der Waals surface area contributed by atoms with Crippen LogP contribution in [0.5, 0.6) is 0 Å². The zero-order valence-electron chi connectivity index (χ0n) is 7.00. The Labute approximate surface area is 84.1 Å². The first-order valence-electron chi connectivity index (χ1n) is 3.49. The van der Waals surface area contributed by atoms with E-state index in [4.69, 9.17) is 10.5 Å². The Morgan fingerprint density at radius 2 is 2.50 bits per heavy atom. The minimum Gasteiger partial charge on any atom is -0.371 e. The van der Waals surface area contributed by atoms with Gasteiger partial charge in [0.05, 0.1) is 5.69 Å². The summed E-state index contributed by atoms with van der Waals surface area (Å²) in [6, 6.07) is 0. The van der Waals surface area contributed by atoms with Crippen molar-refractivity contribution in [2.75, 3.05) is 13.7 Å². The minimum atomic E-state index is -0.456. The maximum absolute atomic E-state index is 5.58. The topological polar surface area (TPSA) is 48.1 Å². The van der Waals surface area contributed by atoms with Crippen LogP contribution in [0.2, 0.25) is 0 Å². The van der Waals surface area contributed by atoms with E-state index in [2.05, 4.69) is 20.9 Å². The SMILES string of the molecule is COC(C)(CN)c1csc(Br)n1. The average Bonchev–Trinajstić information content (AvgIpc) is 2.51. The normalized spacial score (nSPS) is 16.0. The monoisotopic (exact) mass is 250 g/mol. The number of ether oxygens (including phenoxy) is 1. The summed E-state index contributed by atoms with van der Waals surface area (Å²) in [5, 5.41) is 1.94. The van der Waals surface area contributed by atoms with Crippen LogP contribution in [0.15, 0.2) is 9.30 Å². The highest BCUT2D eigenvalue weighted by Gasteiger charge is 2.26. The summed E-state index contributed by atoms with van der Waals surface area (Å²) in [6.45, 7) is 2.36. The maximum atomic E-state index is 5.58. The Morgan fingerprint density at radius 1 is 1.83 bits per heavy atom. The van der Waals surface area contributed by atoms with E-state index in [0.29, 0.717) is 6.54 Å². The second kappa shape index (κ2) is 3.83. The molecule has 1 unspecified atom stereocenters. The van der Waals surface area contributed by atoms with Crippen molar-refractivity contribution in [3.8, 4) is 0 Å². The van der Waals surface area contributed by atoms with Gasteiger partial charge in [-0.2, -0.15) is 0 Å². The van der Waals surface area contributed by atoms with Gasteiger partial charge in [-0.25, -0.2) is 4.98 Å². The highest BCUT2D eigenvalue weighted by molar-refractivity contribution is 9.11. The molecule has 0 aromatic carbocycles. The Hall–Kier alpha value is 0.0300. The van der Waals surface area contributed by atoms with Crippen LogP contribution >= 0.6 is 27.3 Å². The number of methoxy groups -OCH3 is 1. The molecule has 0 spiro atoms. The van der Waals surface area contributed by atoms with Crippen LogP contribution in [-0.2, 0) is 10.3 Å². The number of rotatable bonds is 3. The molecule has 0 saturated heterocycles. The molecule has 0 aliphatic rings. The first-order chi connectivity index (χ1) is 5.62. The number of nitrogens with two attached hydrogens (primary N) is 1. The minimum absolute atomic E-state index is 0.430. The van der Waals surface area contributed by atoms with Crippen molar-refractivity contribution in [2.24, 2.45) is 5.73 Å². The lowest BCUT2D eigenvalue weighted by Gasteiger charge is -2.23. The van der Waals surface area contributed by atoms with E-state index in [1.165, 1.54) is 11.3 Å². The molecule has 1 atom stereocenters. The molecule has 0 aliphatic carbocycles. The fourth-order valence-corrected chi connectivity index (χ4v) is 1.92. The summed E-state index contributed by atoms with van der Waals surface area (Å²) < 4.78 is 6.14. The third-order valence-corrected chi connectivity index (χ3v) is 3.22. The van der Waals surface area contributed by atoms with Crippen molar-refractivity contribution in [2.45, 2.75) is 12.5 Å². The third-order valence-electron chi connectivity index (χ3n) is 1.86. The Bertz CT molecular complexity index is 260. The van der Waals surface area contributed by atoms with Crippen molar-refractivity contribution in [1.82, 2.24) is 4.98 Å². The molecule has 3 nitrogen and oxygen atoms in total. The van der Waals surface area contributed by atoms with Gasteiger partial charge >= 0.3 is 0 Å². The summed E-state index contributed by atoms with van der Waals surface area (Å²) in [4.78, 5) is 4.25. The summed E-state index contributed by atoms with van der Waals surface area (Å²) >= 11 is 4.83. The van der Waals surface area contributed by atoms with Crippen LogP contribution in [0.25, 0.3) is 0 Å². The van der Waals surface area contributed by atoms with Gasteiger partial charge in [-0.1, -0.05) is 0 Å². The molecule has 1 aromatic rings. The first-order valence-corrected chi connectivity index (χ1v) is 5.16. The number of nitrogens with zero attached hydrogens (tertiary/aromatic N) is 1. The molecule has 1 rings (SSSR count). The molecule has 0 bridgehead atoms. The largest absolute Gasteiger partial charge is 0.371 e. The van der Waals surface area contributed by atoms with Crippen LogP contribution in [0.3, 0.4) is 0 Å². The van der Waals surface area contributed by atoms with Gasteiger partial charge in [0.2, 0.25) is 0 Å². The van der Waals surface area contributed by atoms with E-state index in [9.17, 15) is 0 Å². The smallest absolute Gasteiger partial charge is 0.159 e. The van der Waals surface area contributed by atoms with Gasteiger partial charge in [-0.3, -0.25) is 0 Å². The molecular weight excluding hydrogens is 240 g/mol. The predicted molar refractivity (Wildman–Crippen MR) is 53.2 cm³/mol. The number of thiazole rings is 1. The number of hydrogen-bond donors (Lipinski definition) is 1. The molecule has 0 radical (unpaired) electrons. The fraction of sp³-hybridized carbons (Fsp3) is 0.571. The lowest BCUT2D eigenvalue weighted by atomic mass is 10.0. The van der Waals surface area contributed by atoms with Crippen LogP contribution in [0.1, 0.15) is 12.6 Å². The van der Waals surface area contributed by atoms with Crippen LogP contribution < -0.4 is 5.73 Å². The third kappa shape index (κ3) is 1.85. The lowest BCUT2D eigenvalue weighted by molar-refractivity contribution is 0.00683. The van der Waals surface area contributed by atoms with E-state index in [0.717, 1.165) is 9.61 Å². The second-order valence-corrected chi connectivity index (χ2v) is 4.76. The van der Waals surface area contributed by atoms with E-state index < -0.39 is 5.60 Å². The number of aromatic nitrogens is 1. The molecule has 0 saturated carbocycles. The summed E-state index contributed by atoms with van der Waals surface area (Å²) in [7, 11) is 1.64. The van der Waals surface area contributed by atoms with Crippen molar-refractivity contribution in [3.63, 3.8) is 0 Å². The van der Waals surface area contributed by atoms with Crippen LogP contribution in [-0.4, -0.2) is 18.6 Å². The fourth-order valence-electron chi connectivity index (χ4n) is 0.787. The first kappa shape index (κ1) is 10.1. The molecule has 0 aliphatic heterocycles. The standard InChI is InChI=1S/C7H11BrN2OS/c1-7(4-9,11-2)5-3-12-6(8)10-5/h3H,4,9H2,1-2H3. The molecule has 1 aromatic heterocycles. The van der Waals surface area contributed by atoms with Crippen molar-refractivity contribution < 1.29 is 4.74 Å². The zero-order chi connectivity index (χ0) is 9.19. The van der Waals surface area contributed by atoms with E-state index >= 15 is 0 Å². The van der Waals surface area contributed by atoms with Crippen molar-refractivity contribution in [3.05, 3.63) is 15.0 Å². The van der Waals surface area contributed by atoms with Crippen LogP contribution in [0, 0.1) is 0 Å². The van der Waals surface area contributed by atoms with Gasteiger partial charge in [0.1, 0.15) is 5.60 Å². The molecule has 1 heterocycles.